The minimum Gasteiger partial charge on any atom is -0.398 e. The van der Waals surface area contributed by atoms with Crippen molar-refractivity contribution in [1.29, 1.82) is 0 Å². The Morgan fingerprint density at radius 3 is 2.79 bits per heavy atom. The first-order valence-electron chi connectivity index (χ1n) is 5.58. The van der Waals surface area contributed by atoms with Gasteiger partial charge in [-0.3, -0.25) is 9.48 Å². The lowest BCUT2D eigenvalue weighted by molar-refractivity contribution is 0.0952. The Morgan fingerprint density at radius 1 is 1.37 bits per heavy atom. The van der Waals surface area contributed by atoms with Crippen molar-refractivity contribution in [3.05, 3.63) is 47.8 Å². The predicted molar refractivity (Wildman–Crippen MR) is 65.3 cm³/mol. The SMILES string of the molecule is Nc1cc(F)c(F)cc1C(=O)NCCn1cccn1. The molecule has 0 radical (unpaired) electrons. The highest BCUT2D eigenvalue weighted by atomic mass is 19.2. The minimum absolute atomic E-state index is 0.0839. The monoisotopic (exact) mass is 266 g/mol. The summed E-state index contributed by atoms with van der Waals surface area (Å²) < 4.78 is 27.5. The van der Waals surface area contributed by atoms with Gasteiger partial charge in [-0.25, -0.2) is 8.78 Å². The second kappa shape index (κ2) is 5.47. The summed E-state index contributed by atoms with van der Waals surface area (Å²) in [5.74, 6) is -2.74. The van der Waals surface area contributed by atoms with Gasteiger partial charge in [0.2, 0.25) is 0 Å². The van der Waals surface area contributed by atoms with Crippen molar-refractivity contribution in [3.8, 4) is 0 Å². The number of hydrogen-bond acceptors (Lipinski definition) is 3. The molecule has 0 spiro atoms. The molecule has 100 valence electrons. The van der Waals surface area contributed by atoms with Crippen molar-refractivity contribution in [1.82, 2.24) is 15.1 Å². The summed E-state index contributed by atoms with van der Waals surface area (Å²) in [5.41, 5.74) is 5.29. The van der Waals surface area contributed by atoms with E-state index in [0.717, 1.165) is 12.1 Å². The van der Waals surface area contributed by atoms with Crippen LogP contribution in [0.1, 0.15) is 10.4 Å². The van der Waals surface area contributed by atoms with Crippen LogP contribution in [0.3, 0.4) is 0 Å². The first kappa shape index (κ1) is 13.0. The quantitative estimate of drug-likeness (QED) is 0.816. The third kappa shape index (κ3) is 3.06. The number of rotatable bonds is 4. The molecule has 1 aromatic carbocycles. The second-order valence-electron chi connectivity index (χ2n) is 3.88. The fourth-order valence-corrected chi connectivity index (χ4v) is 1.57. The molecule has 0 unspecified atom stereocenters. The average Bonchev–Trinajstić information content (AvgIpc) is 2.86. The molecule has 0 aliphatic heterocycles. The van der Waals surface area contributed by atoms with Crippen LogP contribution in [0, 0.1) is 11.6 Å². The number of benzene rings is 1. The lowest BCUT2D eigenvalue weighted by atomic mass is 10.1. The van der Waals surface area contributed by atoms with E-state index in [0.29, 0.717) is 13.1 Å². The molecule has 1 aromatic heterocycles. The molecule has 5 nitrogen and oxygen atoms in total. The molecule has 0 aliphatic rings. The van der Waals surface area contributed by atoms with Gasteiger partial charge in [-0.2, -0.15) is 5.10 Å². The number of nitrogens with one attached hydrogen (secondary N) is 1. The number of nitrogens with two attached hydrogens (primary N) is 1. The lowest BCUT2D eigenvalue weighted by Gasteiger charge is -2.08. The van der Waals surface area contributed by atoms with Crippen LogP contribution in [0.15, 0.2) is 30.6 Å². The van der Waals surface area contributed by atoms with Gasteiger partial charge in [0.15, 0.2) is 11.6 Å². The number of carbonyl (C=O) groups excluding carboxylic acids is 1. The maximum atomic E-state index is 13.0. The number of halogens is 2. The Kier molecular flexibility index (Phi) is 3.74. The third-order valence-corrected chi connectivity index (χ3v) is 2.52. The van der Waals surface area contributed by atoms with Crippen LogP contribution in [0.5, 0.6) is 0 Å². The van der Waals surface area contributed by atoms with E-state index in [4.69, 9.17) is 5.73 Å². The van der Waals surface area contributed by atoms with Gasteiger partial charge >= 0.3 is 0 Å². The van der Waals surface area contributed by atoms with Crippen LogP contribution >= 0.6 is 0 Å². The maximum absolute atomic E-state index is 13.0. The summed E-state index contributed by atoms with van der Waals surface area (Å²) >= 11 is 0. The predicted octanol–water partition coefficient (Wildman–Crippen LogP) is 1.17. The van der Waals surface area contributed by atoms with E-state index in [9.17, 15) is 13.6 Å². The smallest absolute Gasteiger partial charge is 0.253 e. The normalized spacial score (nSPS) is 10.4. The highest BCUT2D eigenvalue weighted by molar-refractivity contribution is 5.99. The highest BCUT2D eigenvalue weighted by Gasteiger charge is 2.13. The number of nitrogens with zero attached hydrogens (tertiary/aromatic N) is 2. The number of anilines is 1. The van der Waals surface area contributed by atoms with Gasteiger partial charge in [0, 0.05) is 30.7 Å². The Bertz CT molecular complexity index is 584. The van der Waals surface area contributed by atoms with E-state index in [1.54, 1.807) is 23.1 Å². The van der Waals surface area contributed by atoms with Crippen LogP contribution in [-0.2, 0) is 6.54 Å². The third-order valence-electron chi connectivity index (χ3n) is 2.52. The van der Waals surface area contributed by atoms with Crippen molar-refractivity contribution in [2.75, 3.05) is 12.3 Å². The molecule has 0 fully saturated rings. The second-order valence-corrected chi connectivity index (χ2v) is 3.88. The van der Waals surface area contributed by atoms with Crippen LogP contribution in [0.25, 0.3) is 0 Å². The minimum atomic E-state index is -1.11. The number of carbonyl (C=O) groups is 1. The molecule has 1 amide bonds. The van der Waals surface area contributed by atoms with Gasteiger partial charge in [-0.05, 0) is 12.1 Å². The number of aromatic nitrogens is 2. The van der Waals surface area contributed by atoms with Crippen molar-refractivity contribution < 1.29 is 13.6 Å². The molecule has 7 heteroatoms. The average molecular weight is 266 g/mol. The standard InChI is InChI=1S/C12H12F2N4O/c13-9-6-8(11(15)7-10(9)14)12(19)16-3-5-18-4-1-2-17-18/h1-2,4,6-7H,3,5,15H2,(H,16,19). The van der Waals surface area contributed by atoms with E-state index < -0.39 is 17.5 Å². The van der Waals surface area contributed by atoms with Gasteiger partial charge in [0.25, 0.3) is 5.91 Å². The molecule has 2 aromatic rings. The van der Waals surface area contributed by atoms with Crippen molar-refractivity contribution in [2.24, 2.45) is 0 Å². The zero-order chi connectivity index (χ0) is 13.8. The van der Waals surface area contributed by atoms with E-state index in [1.807, 2.05) is 0 Å². The molecule has 0 atom stereocenters. The van der Waals surface area contributed by atoms with Gasteiger partial charge in [-0.1, -0.05) is 0 Å². The molecule has 0 bridgehead atoms. The molecule has 0 saturated heterocycles. The summed E-state index contributed by atoms with van der Waals surface area (Å²) in [6.45, 7) is 0.779. The largest absolute Gasteiger partial charge is 0.398 e. The topological polar surface area (TPSA) is 72.9 Å². The maximum Gasteiger partial charge on any atom is 0.253 e. The molecular weight excluding hydrogens is 254 g/mol. The molecule has 19 heavy (non-hydrogen) atoms. The molecule has 3 N–H and O–H groups in total. The van der Waals surface area contributed by atoms with Crippen LogP contribution in [-0.4, -0.2) is 22.2 Å². The Balaban J connectivity index is 1.98. The fourth-order valence-electron chi connectivity index (χ4n) is 1.57. The molecule has 1 heterocycles. The first-order valence-corrected chi connectivity index (χ1v) is 5.58. The molecular formula is C12H12F2N4O. The van der Waals surface area contributed by atoms with Crippen molar-refractivity contribution >= 4 is 11.6 Å². The van der Waals surface area contributed by atoms with Gasteiger partial charge in [-0.15, -0.1) is 0 Å². The molecule has 0 aliphatic carbocycles. The number of nitrogen functional groups attached to an aromatic ring is 1. The van der Waals surface area contributed by atoms with Crippen molar-refractivity contribution in [3.63, 3.8) is 0 Å². The van der Waals surface area contributed by atoms with E-state index >= 15 is 0 Å². The zero-order valence-electron chi connectivity index (χ0n) is 9.94. The number of hydrogen-bond donors (Lipinski definition) is 2. The number of amides is 1. The lowest BCUT2D eigenvalue weighted by Crippen LogP contribution is -2.28. The highest BCUT2D eigenvalue weighted by Crippen LogP contribution is 2.16. The summed E-state index contributed by atoms with van der Waals surface area (Å²) in [7, 11) is 0. The molecule has 0 saturated carbocycles. The van der Waals surface area contributed by atoms with Gasteiger partial charge in [0.05, 0.1) is 12.1 Å². The Morgan fingerprint density at radius 2 is 2.11 bits per heavy atom. The summed E-state index contributed by atoms with van der Waals surface area (Å²) in [5, 5.41) is 6.52. The van der Waals surface area contributed by atoms with E-state index in [2.05, 4.69) is 10.4 Å². The molecule has 2 rings (SSSR count). The van der Waals surface area contributed by atoms with Gasteiger partial charge in [0.1, 0.15) is 0 Å². The Labute approximate surface area is 108 Å². The van der Waals surface area contributed by atoms with Crippen molar-refractivity contribution in [2.45, 2.75) is 6.54 Å². The zero-order valence-corrected chi connectivity index (χ0v) is 9.94. The van der Waals surface area contributed by atoms with E-state index in [-0.39, 0.29) is 11.3 Å². The van der Waals surface area contributed by atoms with Crippen LogP contribution in [0.2, 0.25) is 0 Å². The first-order chi connectivity index (χ1) is 9.08. The Hall–Kier alpha value is -2.44. The summed E-state index contributed by atoms with van der Waals surface area (Å²) in [6.07, 6.45) is 3.37. The van der Waals surface area contributed by atoms with Crippen LogP contribution in [0.4, 0.5) is 14.5 Å². The van der Waals surface area contributed by atoms with Crippen LogP contribution < -0.4 is 11.1 Å². The fraction of sp³-hybridized carbons (Fsp3) is 0.167. The van der Waals surface area contributed by atoms with E-state index in [1.165, 1.54) is 0 Å². The summed E-state index contributed by atoms with van der Waals surface area (Å²) in [6, 6.07) is 3.33. The van der Waals surface area contributed by atoms with Gasteiger partial charge < -0.3 is 11.1 Å². The summed E-state index contributed by atoms with van der Waals surface area (Å²) in [4.78, 5) is 11.7.